The Morgan fingerprint density at radius 1 is 1.41 bits per heavy atom. The van der Waals surface area contributed by atoms with Gasteiger partial charge in [-0.15, -0.1) is 35.3 Å². The summed E-state index contributed by atoms with van der Waals surface area (Å²) in [6, 6.07) is 0. The molecule has 2 N–H and O–H groups in total. The molecule has 1 unspecified atom stereocenters. The molecule has 0 saturated carbocycles. The lowest BCUT2D eigenvalue weighted by atomic mass is 10.2. The number of halogens is 4. The van der Waals surface area contributed by atoms with Crippen LogP contribution in [0.2, 0.25) is 0 Å². The third-order valence-corrected chi connectivity index (χ3v) is 4.69. The van der Waals surface area contributed by atoms with E-state index in [9.17, 15) is 13.2 Å². The van der Waals surface area contributed by atoms with Gasteiger partial charge in [0.2, 0.25) is 0 Å². The molecule has 1 atom stereocenters. The van der Waals surface area contributed by atoms with Gasteiger partial charge in [-0.25, -0.2) is 4.98 Å². The zero-order valence-electron chi connectivity index (χ0n) is 15.2. The molecule has 156 valence electrons. The monoisotopic (exact) mass is 522 g/mol. The summed E-state index contributed by atoms with van der Waals surface area (Å²) in [5.74, 6) is 0.608. The fourth-order valence-corrected chi connectivity index (χ4v) is 3.24. The molecule has 1 aromatic heterocycles. The number of hydrogen-bond donors (Lipinski definition) is 2. The minimum atomic E-state index is -4.38. The minimum absolute atomic E-state index is 0. The first-order valence-corrected chi connectivity index (χ1v) is 9.52. The van der Waals surface area contributed by atoms with Crippen LogP contribution in [0.3, 0.4) is 0 Å². The Morgan fingerprint density at radius 2 is 2.19 bits per heavy atom. The molecule has 0 amide bonds. The Morgan fingerprint density at radius 3 is 2.81 bits per heavy atom. The predicted molar refractivity (Wildman–Crippen MR) is 110 cm³/mol. The Bertz CT molecular complexity index is 566. The molecule has 0 aliphatic carbocycles. The van der Waals surface area contributed by atoms with E-state index in [1.807, 2.05) is 0 Å². The second kappa shape index (κ2) is 12.7. The van der Waals surface area contributed by atoms with E-state index < -0.39 is 11.9 Å². The summed E-state index contributed by atoms with van der Waals surface area (Å²) in [5, 5.41) is 7.70. The van der Waals surface area contributed by atoms with Crippen molar-refractivity contribution in [2.24, 2.45) is 4.99 Å². The van der Waals surface area contributed by atoms with Crippen molar-refractivity contribution in [3.05, 3.63) is 16.1 Å². The smallest absolute Gasteiger partial charge is 0.379 e. The van der Waals surface area contributed by atoms with Crippen LogP contribution in [0.5, 0.6) is 0 Å². The molecule has 27 heavy (non-hydrogen) atoms. The summed E-state index contributed by atoms with van der Waals surface area (Å²) >= 11 is 1.01. The number of aromatic nitrogens is 1. The SMILES string of the molecule is CN=C(NCCCOCC1CCCO1)NCCc1nc(C(F)(F)F)cs1.I. The van der Waals surface area contributed by atoms with Crippen molar-refractivity contribution in [3.8, 4) is 0 Å². The lowest BCUT2D eigenvalue weighted by Crippen LogP contribution is -2.39. The highest BCUT2D eigenvalue weighted by molar-refractivity contribution is 14.0. The first-order valence-electron chi connectivity index (χ1n) is 8.64. The summed E-state index contributed by atoms with van der Waals surface area (Å²) < 4.78 is 48.6. The van der Waals surface area contributed by atoms with Crippen LogP contribution in [-0.2, 0) is 22.1 Å². The van der Waals surface area contributed by atoms with Crippen LogP contribution < -0.4 is 10.6 Å². The number of aliphatic imine (C=N–C) groups is 1. The predicted octanol–water partition coefficient (Wildman–Crippen LogP) is 3.07. The lowest BCUT2D eigenvalue weighted by Gasteiger charge is -2.12. The molecule has 2 heterocycles. The average Bonchev–Trinajstić information content (AvgIpc) is 3.27. The molecule has 1 aromatic rings. The van der Waals surface area contributed by atoms with Gasteiger partial charge in [0.05, 0.1) is 17.7 Å². The normalized spacial score (nSPS) is 17.6. The quantitative estimate of drug-likeness (QED) is 0.226. The third-order valence-electron chi connectivity index (χ3n) is 3.78. The zero-order chi connectivity index (χ0) is 18.8. The van der Waals surface area contributed by atoms with Crippen LogP contribution >= 0.6 is 35.3 Å². The molecule has 1 aliphatic heterocycles. The Kier molecular flexibility index (Phi) is 11.5. The van der Waals surface area contributed by atoms with E-state index in [1.54, 1.807) is 7.05 Å². The van der Waals surface area contributed by atoms with E-state index >= 15 is 0 Å². The van der Waals surface area contributed by atoms with Gasteiger partial charge < -0.3 is 20.1 Å². The third kappa shape index (κ3) is 9.39. The van der Waals surface area contributed by atoms with Gasteiger partial charge in [0, 0.05) is 45.2 Å². The van der Waals surface area contributed by atoms with Crippen LogP contribution in [0.25, 0.3) is 0 Å². The summed E-state index contributed by atoms with van der Waals surface area (Å²) in [6.45, 7) is 3.26. The van der Waals surface area contributed by atoms with Crippen molar-refractivity contribution < 1.29 is 22.6 Å². The zero-order valence-corrected chi connectivity index (χ0v) is 18.3. The Labute approximate surface area is 178 Å². The number of nitrogens with one attached hydrogen (secondary N) is 2. The van der Waals surface area contributed by atoms with Gasteiger partial charge in [-0.2, -0.15) is 13.2 Å². The molecule has 6 nitrogen and oxygen atoms in total. The van der Waals surface area contributed by atoms with Crippen LogP contribution in [0.15, 0.2) is 10.4 Å². The number of ether oxygens (including phenoxy) is 2. The number of nitrogens with zero attached hydrogens (tertiary/aromatic N) is 2. The van der Waals surface area contributed by atoms with E-state index in [0.717, 1.165) is 42.6 Å². The average molecular weight is 522 g/mol. The summed E-state index contributed by atoms with van der Waals surface area (Å²) in [6.07, 6.45) is -0.734. The number of hydrogen-bond acceptors (Lipinski definition) is 5. The highest BCUT2D eigenvalue weighted by Gasteiger charge is 2.33. The highest BCUT2D eigenvalue weighted by Crippen LogP contribution is 2.29. The first kappa shape index (κ1) is 24.4. The topological polar surface area (TPSA) is 67.8 Å². The molecule has 1 saturated heterocycles. The second-order valence-corrected chi connectivity index (χ2v) is 6.81. The standard InChI is InChI=1S/C16H25F3N4O2S.HI/c1-20-15(21-6-3-8-24-10-12-4-2-9-25-12)22-7-5-14-23-13(11-26-14)16(17,18)19;/h11-12H,2-10H2,1H3,(H2,20,21,22);1H. The Hall–Kier alpha value is -0.660. The summed E-state index contributed by atoms with van der Waals surface area (Å²) in [7, 11) is 1.65. The second-order valence-electron chi connectivity index (χ2n) is 5.86. The van der Waals surface area contributed by atoms with Gasteiger partial charge >= 0.3 is 6.18 Å². The van der Waals surface area contributed by atoms with Crippen LogP contribution in [0.4, 0.5) is 13.2 Å². The molecule has 0 spiro atoms. The fourth-order valence-electron chi connectivity index (χ4n) is 2.44. The minimum Gasteiger partial charge on any atom is -0.379 e. The molecule has 2 rings (SSSR count). The number of thiazole rings is 1. The highest BCUT2D eigenvalue weighted by atomic mass is 127. The molecule has 0 aromatic carbocycles. The van der Waals surface area contributed by atoms with Crippen LogP contribution in [0.1, 0.15) is 30.0 Å². The fraction of sp³-hybridized carbons (Fsp3) is 0.750. The van der Waals surface area contributed by atoms with E-state index in [2.05, 4.69) is 20.6 Å². The summed E-state index contributed by atoms with van der Waals surface area (Å²) in [5.41, 5.74) is -0.831. The maximum Gasteiger partial charge on any atom is 0.434 e. The van der Waals surface area contributed by atoms with Gasteiger partial charge in [0.15, 0.2) is 11.7 Å². The van der Waals surface area contributed by atoms with Crippen LogP contribution in [0, 0.1) is 0 Å². The summed E-state index contributed by atoms with van der Waals surface area (Å²) in [4.78, 5) is 7.68. The molecular formula is C16H26F3IN4O2S. The maximum absolute atomic E-state index is 12.5. The molecule has 0 bridgehead atoms. The van der Waals surface area contributed by atoms with Gasteiger partial charge in [0.25, 0.3) is 0 Å². The molecule has 1 aliphatic rings. The molecule has 1 fully saturated rings. The maximum atomic E-state index is 12.5. The largest absolute Gasteiger partial charge is 0.434 e. The van der Waals surface area contributed by atoms with Gasteiger partial charge in [-0.05, 0) is 19.3 Å². The first-order chi connectivity index (χ1) is 12.5. The van der Waals surface area contributed by atoms with Crippen molar-refractivity contribution in [3.63, 3.8) is 0 Å². The van der Waals surface area contributed by atoms with E-state index in [4.69, 9.17) is 9.47 Å². The van der Waals surface area contributed by atoms with Gasteiger partial charge in [-0.1, -0.05) is 0 Å². The van der Waals surface area contributed by atoms with Gasteiger partial charge in [0.1, 0.15) is 0 Å². The van der Waals surface area contributed by atoms with Crippen molar-refractivity contribution >= 4 is 41.3 Å². The van der Waals surface area contributed by atoms with E-state index in [1.165, 1.54) is 0 Å². The molecular weight excluding hydrogens is 496 g/mol. The van der Waals surface area contributed by atoms with E-state index in [-0.39, 0.29) is 30.1 Å². The molecule has 11 heteroatoms. The Balaban J connectivity index is 0.00000364. The van der Waals surface area contributed by atoms with Crippen molar-refractivity contribution in [2.75, 3.05) is 40.0 Å². The number of guanidine groups is 1. The number of rotatable bonds is 9. The van der Waals surface area contributed by atoms with Crippen molar-refractivity contribution in [1.29, 1.82) is 0 Å². The lowest BCUT2D eigenvalue weighted by molar-refractivity contribution is -0.140. The molecule has 0 radical (unpaired) electrons. The van der Waals surface area contributed by atoms with Crippen LogP contribution in [-0.4, -0.2) is 57.0 Å². The van der Waals surface area contributed by atoms with Crippen molar-refractivity contribution in [2.45, 2.75) is 38.0 Å². The number of alkyl halides is 3. The van der Waals surface area contributed by atoms with Gasteiger partial charge in [-0.3, -0.25) is 4.99 Å². The van der Waals surface area contributed by atoms with Crippen molar-refractivity contribution in [1.82, 2.24) is 15.6 Å². The van der Waals surface area contributed by atoms with E-state index in [0.29, 0.717) is 43.7 Å².